The highest BCUT2D eigenvalue weighted by molar-refractivity contribution is 5.84. The van der Waals surface area contributed by atoms with Crippen molar-refractivity contribution in [3.63, 3.8) is 0 Å². The van der Waals surface area contributed by atoms with Crippen LogP contribution in [0.3, 0.4) is 0 Å². The first-order chi connectivity index (χ1) is 15.0. The standard InChI is InChI=1S/C26H39N3O2/c1-3-29(4-2)18-20-7-5-6-19(10-20)17-28-24(30)8-9-27-25(31)26-14-21-11-22(15-26)13-23(12-21)16-26/h5-7,10,21-23H,3-4,8-9,11-18H2,1-2H3,(H,27,31)(H,28,30). The van der Waals surface area contributed by atoms with Crippen molar-refractivity contribution in [2.45, 2.75) is 71.9 Å². The average Bonchev–Trinajstić information content (AvgIpc) is 2.75. The molecule has 5 rings (SSSR count). The molecular formula is C26H39N3O2. The Kier molecular flexibility index (Phi) is 7.00. The van der Waals surface area contributed by atoms with Crippen LogP contribution < -0.4 is 10.6 Å². The lowest BCUT2D eigenvalue weighted by molar-refractivity contribution is -0.146. The Bertz CT molecular complexity index is 751. The molecule has 4 bridgehead atoms. The van der Waals surface area contributed by atoms with Crippen molar-refractivity contribution in [2.75, 3.05) is 19.6 Å². The SMILES string of the molecule is CCN(CC)Cc1cccc(CNC(=O)CCNC(=O)C23CC4CC(CC(C4)C2)C3)c1. The molecule has 2 amide bonds. The van der Waals surface area contributed by atoms with E-state index in [0.29, 0.717) is 19.5 Å². The van der Waals surface area contributed by atoms with Gasteiger partial charge in [0.1, 0.15) is 0 Å². The maximum Gasteiger partial charge on any atom is 0.226 e. The lowest BCUT2D eigenvalue weighted by Crippen LogP contribution is -2.53. The summed E-state index contributed by atoms with van der Waals surface area (Å²) in [4.78, 5) is 27.7. The molecule has 4 saturated carbocycles. The molecule has 0 unspecified atom stereocenters. The molecule has 2 N–H and O–H groups in total. The van der Waals surface area contributed by atoms with Crippen LogP contribution in [0.4, 0.5) is 0 Å². The van der Waals surface area contributed by atoms with E-state index in [0.717, 1.165) is 62.2 Å². The summed E-state index contributed by atoms with van der Waals surface area (Å²) in [5.41, 5.74) is 2.27. The second-order valence-corrected chi connectivity index (χ2v) is 10.3. The van der Waals surface area contributed by atoms with E-state index in [1.807, 2.05) is 0 Å². The summed E-state index contributed by atoms with van der Waals surface area (Å²) >= 11 is 0. The molecule has 0 aromatic heterocycles. The van der Waals surface area contributed by atoms with Crippen LogP contribution in [0.15, 0.2) is 24.3 Å². The summed E-state index contributed by atoms with van der Waals surface area (Å²) in [6.45, 7) is 8.33. The second kappa shape index (κ2) is 9.72. The fourth-order valence-corrected chi connectivity index (χ4v) is 6.70. The van der Waals surface area contributed by atoms with Gasteiger partial charge >= 0.3 is 0 Å². The summed E-state index contributed by atoms with van der Waals surface area (Å²) in [6, 6.07) is 8.43. The third kappa shape index (κ3) is 5.31. The minimum atomic E-state index is -0.128. The monoisotopic (exact) mass is 425 g/mol. The zero-order valence-electron chi connectivity index (χ0n) is 19.3. The molecule has 31 heavy (non-hydrogen) atoms. The van der Waals surface area contributed by atoms with Gasteiger partial charge in [0, 0.05) is 31.5 Å². The van der Waals surface area contributed by atoms with Gasteiger partial charge in [0.25, 0.3) is 0 Å². The van der Waals surface area contributed by atoms with Crippen molar-refractivity contribution >= 4 is 11.8 Å². The zero-order valence-corrected chi connectivity index (χ0v) is 19.3. The molecular weight excluding hydrogens is 386 g/mol. The normalized spacial score (nSPS) is 28.7. The number of rotatable bonds is 10. The highest BCUT2D eigenvalue weighted by Gasteiger charge is 2.54. The Balaban J connectivity index is 1.19. The molecule has 5 nitrogen and oxygen atoms in total. The van der Waals surface area contributed by atoms with Crippen LogP contribution in [0.25, 0.3) is 0 Å². The van der Waals surface area contributed by atoms with Gasteiger partial charge < -0.3 is 10.6 Å². The van der Waals surface area contributed by atoms with Gasteiger partial charge in [-0.2, -0.15) is 0 Å². The van der Waals surface area contributed by atoms with Gasteiger partial charge in [-0.05, 0) is 80.5 Å². The van der Waals surface area contributed by atoms with E-state index < -0.39 is 0 Å². The largest absolute Gasteiger partial charge is 0.355 e. The van der Waals surface area contributed by atoms with Gasteiger partial charge in [0.05, 0.1) is 0 Å². The minimum Gasteiger partial charge on any atom is -0.355 e. The highest BCUT2D eigenvalue weighted by atomic mass is 16.2. The fourth-order valence-electron chi connectivity index (χ4n) is 6.70. The number of hydrogen-bond donors (Lipinski definition) is 2. The third-order valence-electron chi connectivity index (χ3n) is 7.94. The molecule has 0 spiro atoms. The first-order valence-electron chi connectivity index (χ1n) is 12.3. The highest BCUT2D eigenvalue weighted by Crippen LogP contribution is 2.60. The van der Waals surface area contributed by atoms with Crippen molar-refractivity contribution < 1.29 is 9.59 Å². The van der Waals surface area contributed by atoms with Crippen LogP contribution in [0, 0.1) is 23.2 Å². The molecule has 0 aliphatic heterocycles. The quantitative estimate of drug-likeness (QED) is 0.598. The van der Waals surface area contributed by atoms with Gasteiger partial charge in [-0.1, -0.05) is 38.1 Å². The molecule has 0 saturated heterocycles. The third-order valence-corrected chi connectivity index (χ3v) is 7.94. The summed E-state index contributed by atoms with van der Waals surface area (Å²) < 4.78 is 0. The molecule has 4 aliphatic rings. The summed E-state index contributed by atoms with van der Waals surface area (Å²) in [6.07, 6.45) is 7.57. The van der Waals surface area contributed by atoms with Crippen LogP contribution in [0.2, 0.25) is 0 Å². The molecule has 4 fully saturated rings. The Hall–Kier alpha value is -1.88. The number of nitrogens with zero attached hydrogens (tertiary/aromatic N) is 1. The Labute approximate surface area is 187 Å². The maximum atomic E-state index is 13.0. The van der Waals surface area contributed by atoms with E-state index in [-0.39, 0.29) is 17.2 Å². The summed E-state index contributed by atoms with van der Waals surface area (Å²) in [5.74, 6) is 2.50. The van der Waals surface area contributed by atoms with Crippen molar-refractivity contribution in [1.29, 1.82) is 0 Å². The summed E-state index contributed by atoms with van der Waals surface area (Å²) in [5, 5.41) is 6.12. The molecule has 0 atom stereocenters. The van der Waals surface area contributed by atoms with Crippen LogP contribution in [0.1, 0.15) is 69.9 Å². The van der Waals surface area contributed by atoms with Gasteiger partial charge in [0.2, 0.25) is 11.8 Å². The number of benzene rings is 1. The lowest BCUT2D eigenvalue weighted by atomic mass is 9.49. The predicted molar refractivity (Wildman–Crippen MR) is 123 cm³/mol. The lowest BCUT2D eigenvalue weighted by Gasteiger charge is -2.55. The van der Waals surface area contributed by atoms with Crippen molar-refractivity contribution in [3.05, 3.63) is 35.4 Å². The Morgan fingerprint density at radius 2 is 1.58 bits per heavy atom. The van der Waals surface area contributed by atoms with Crippen molar-refractivity contribution in [2.24, 2.45) is 23.2 Å². The molecule has 0 radical (unpaired) electrons. The van der Waals surface area contributed by atoms with Crippen LogP contribution in [-0.4, -0.2) is 36.3 Å². The van der Waals surface area contributed by atoms with E-state index in [1.165, 1.54) is 24.8 Å². The zero-order chi connectivity index (χ0) is 21.8. The van der Waals surface area contributed by atoms with E-state index in [4.69, 9.17) is 0 Å². The van der Waals surface area contributed by atoms with E-state index in [1.54, 1.807) is 0 Å². The topological polar surface area (TPSA) is 61.4 Å². The first kappa shape index (κ1) is 22.3. The van der Waals surface area contributed by atoms with Crippen LogP contribution in [0.5, 0.6) is 0 Å². The number of carbonyl (C=O) groups is 2. The van der Waals surface area contributed by atoms with Crippen molar-refractivity contribution in [1.82, 2.24) is 15.5 Å². The predicted octanol–water partition coefficient (Wildman–Crippen LogP) is 3.87. The minimum absolute atomic E-state index is 0.0000388. The number of nitrogens with one attached hydrogen (secondary N) is 2. The molecule has 4 aliphatic carbocycles. The van der Waals surface area contributed by atoms with Gasteiger partial charge in [-0.3, -0.25) is 14.5 Å². The van der Waals surface area contributed by atoms with Crippen molar-refractivity contribution in [3.8, 4) is 0 Å². The number of hydrogen-bond acceptors (Lipinski definition) is 3. The smallest absolute Gasteiger partial charge is 0.226 e. The maximum absolute atomic E-state index is 13.0. The average molecular weight is 426 g/mol. The van der Waals surface area contributed by atoms with E-state index in [9.17, 15) is 9.59 Å². The molecule has 1 aromatic carbocycles. The second-order valence-electron chi connectivity index (χ2n) is 10.3. The Morgan fingerprint density at radius 1 is 0.968 bits per heavy atom. The van der Waals surface area contributed by atoms with Crippen LogP contribution in [-0.2, 0) is 22.7 Å². The molecule has 5 heteroatoms. The molecule has 0 heterocycles. The van der Waals surface area contributed by atoms with E-state index >= 15 is 0 Å². The Morgan fingerprint density at radius 3 is 2.19 bits per heavy atom. The van der Waals surface area contributed by atoms with Gasteiger partial charge in [0.15, 0.2) is 0 Å². The number of carbonyl (C=O) groups excluding carboxylic acids is 2. The van der Waals surface area contributed by atoms with Gasteiger partial charge in [-0.15, -0.1) is 0 Å². The summed E-state index contributed by atoms with van der Waals surface area (Å²) in [7, 11) is 0. The van der Waals surface area contributed by atoms with E-state index in [2.05, 4.69) is 53.6 Å². The number of amides is 2. The van der Waals surface area contributed by atoms with Gasteiger partial charge in [-0.25, -0.2) is 0 Å². The molecule has 1 aromatic rings. The molecule has 170 valence electrons. The first-order valence-corrected chi connectivity index (χ1v) is 12.3. The fraction of sp³-hybridized carbons (Fsp3) is 0.692. The van der Waals surface area contributed by atoms with Crippen LogP contribution >= 0.6 is 0 Å².